The van der Waals surface area contributed by atoms with E-state index in [1.165, 1.54) is 11.3 Å². The van der Waals surface area contributed by atoms with Crippen LogP contribution in [0.1, 0.15) is 15.2 Å². The molecule has 150 valence electrons. The molecule has 4 rings (SSSR count). The number of hydrogen-bond acceptors (Lipinski definition) is 7. The Morgan fingerprint density at radius 3 is 2.53 bits per heavy atom. The molecule has 2 aromatic carbocycles. The number of ether oxygens (including phenoxy) is 1. The Bertz CT molecular complexity index is 1160. The monoisotopic (exact) mass is 417 g/mol. The topological polar surface area (TPSA) is 89.0 Å². The molecule has 0 aliphatic rings. The third-order valence-corrected chi connectivity index (χ3v) is 5.21. The van der Waals surface area contributed by atoms with Gasteiger partial charge in [-0.05, 0) is 55.5 Å². The number of nitrogens with zero attached hydrogens (tertiary/aromatic N) is 3. The number of rotatable bonds is 6. The van der Waals surface area contributed by atoms with Crippen molar-refractivity contribution in [1.29, 1.82) is 0 Å². The van der Waals surface area contributed by atoms with E-state index < -0.39 is 0 Å². The van der Waals surface area contributed by atoms with E-state index in [0.717, 1.165) is 27.6 Å². The van der Waals surface area contributed by atoms with Crippen molar-refractivity contribution in [1.82, 2.24) is 15.0 Å². The maximum atomic E-state index is 12.7. The molecule has 0 saturated heterocycles. The van der Waals surface area contributed by atoms with Crippen molar-refractivity contribution in [2.45, 2.75) is 6.92 Å². The summed E-state index contributed by atoms with van der Waals surface area (Å²) in [6.07, 6.45) is 3.30. The van der Waals surface area contributed by atoms with Gasteiger partial charge >= 0.3 is 0 Å². The first-order valence-electron chi connectivity index (χ1n) is 9.19. The number of methoxy groups -OCH3 is 1. The Morgan fingerprint density at radius 2 is 1.80 bits per heavy atom. The molecule has 0 spiro atoms. The number of thiazole rings is 1. The Hall–Kier alpha value is -3.78. The molecule has 4 aromatic rings. The average molecular weight is 417 g/mol. The maximum Gasteiger partial charge on any atom is 0.257 e. The van der Waals surface area contributed by atoms with Gasteiger partial charge < -0.3 is 10.1 Å². The van der Waals surface area contributed by atoms with Gasteiger partial charge in [0.2, 0.25) is 5.95 Å². The van der Waals surface area contributed by atoms with Gasteiger partial charge in [-0.1, -0.05) is 6.07 Å². The molecule has 2 heterocycles. The zero-order valence-corrected chi connectivity index (χ0v) is 17.2. The van der Waals surface area contributed by atoms with Crippen LogP contribution in [0.15, 0.2) is 67.0 Å². The number of hydrogen-bond donors (Lipinski definition) is 2. The summed E-state index contributed by atoms with van der Waals surface area (Å²) in [6, 6.07) is 16.6. The summed E-state index contributed by atoms with van der Waals surface area (Å²) in [4.78, 5) is 26.6. The Morgan fingerprint density at radius 1 is 1.03 bits per heavy atom. The first kappa shape index (κ1) is 19.5. The highest BCUT2D eigenvalue weighted by atomic mass is 32.1. The van der Waals surface area contributed by atoms with Crippen LogP contribution in [0.25, 0.3) is 11.3 Å². The normalized spacial score (nSPS) is 10.5. The number of carbonyl (C=O) groups excluding carboxylic acids is 1. The van der Waals surface area contributed by atoms with E-state index in [1.807, 2.05) is 37.3 Å². The van der Waals surface area contributed by atoms with E-state index in [2.05, 4.69) is 25.6 Å². The first-order chi connectivity index (χ1) is 14.6. The lowest BCUT2D eigenvalue weighted by Crippen LogP contribution is -2.12. The number of aryl methyl sites for hydroxylation is 1. The summed E-state index contributed by atoms with van der Waals surface area (Å²) >= 11 is 1.44. The van der Waals surface area contributed by atoms with Crippen molar-refractivity contribution in [3.63, 3.8) is 0 Å². The van der Waals surface area contributed by atoms with Gasteiger partial charge in [-0.25, -0.2) is 15.0 Å². The van der Waals surface area contributed by atoms with E-state index in [-0.39, 0.29) is 5.91 Å². The second-order valence-corrected chi connectivity index (χ2v) is 7.59. The van der Waals surface area contributed by atoms with Crippen LogP contribution < -0.4 is 15.4 Å². The summed E-state index contributed by atoms with van der Waals surface area (Å²) in [6.45, 7) is 1.98. The molecule has 7 nitrogen and oxygen atoms in total. The Kier molecular flexibility index (Phi) is 5.67. The standard InChI is InChI=1S/C22H19N5O2S/c1-14-19(15-7-9-18(29-2)10-8-15)26-22(30-14)27-20(28)16-5-3-6-17(13-16)25-21-23-11-4-12-24-21/h3-13H,1-2H3,(H,23,24,25)(H,26,27,28). The van der Waals surface area contributed by atoms with Crippen LogP contribution in [0.2, 0.25) is 0 Å². The first-order valence-corrected chi connectivity index (χ1v) is 10.0. The summed E-state index contributed by atoms with van der Waals surface area (Å²) in [5.74, 6) is 1.02. The largest absolute Gasteiger partial charge is 0.497 e. The number of anilines is 3. The third kappa shape index (κ3) is 4.44. The number of aromatic nitrogens is 3. The molecular formula is C22H19N5O2S. The molecule has 0 aliphatic heterocycles. The van der Waals surface area contributed by atoms with Crippen molar-refractivity contribution >= 4 is 34.0 Å². The minimum Gasteiger partial charge on any atom is -0.497 e. The fraction of sp³-hybridized carbons (Fsp3) is 0.0909. The second-order valence-electron chi connectivity index (χ2n) is 6.38. The van der Waals surface area contributed by atoms with Gasteiger partial charge in [0.15, 0.2) is 5.13 Å². The minimum atomic E-state index is -0.234. The highest BCUT2D eigenvalue weighted by Gasteiger charge is 2.14. The fourth-order valence-electron chi connectivity index (χ4n) is 2.87. The number of amides is 1. The predicted octanol–water partition coefficient (Wildman–Crippen LogP) is 4.91. The molecule has 0 fully saturated rings. The van der Waals surface area contributed by atoms with Gasteiger partial charge in [0.05, 0.1) is 12.8 Å². The minimum absolute atomic E-state index is 0.234. The number of carbonyl (C=O) groups is 1. The van der Waals surface area contributed by atoms with Gasteiger partial charge in [0.25, 0.3) is 5.91 Å². The molecule has 0 bridgehead atoms. The van der Waals surface area contributed by atoms with Crippen molar-refractivity contribution in [2.24, 2.45) is 0 Å². The Balaban J connectivity index is 1.49. The SMILES string of the molecule is COc1ccc(-c2nc(NC(=O)c3cccc(Nc4ncccn4)c3)sc2C)cc1. The maximum absolute atomic E-state index is 12.7. The molecular weight excluding hydrogens is 398 g/mol. The van der Waals surface area contributed by atoms with Crippen molar-refractivity contribution in [3.8, 4) is 17.0 Å². The van der Waals surface area contributed by atoms with Gasteiger partial charge in [-0.2, -0.15) is 0 Å². The third-order valence-electron chi connectivity index (χ3n) is 4.33. The number of benzene rings is 2. The molecule has 1 amide bonds. The molecule has 0 aliphatic carbocycles. The lowest BCUT2D eigenvalue weighted by atomic mass is 10.1. The van der Waals surface area contributed by atoms with E-state index in [1.54, 1.807) is 43.8 Å². The van der Waals surface area contributed by atoms with Gasteiger partial charge in [-0.3, -0.25) is 10.1 Å². The van der Waals surface area contributed by atoms with E-state index in [0.29, 0.717) is 16.6 Å². The molecule has 2 aromatic heterocycles. The van der Waals surface area contributed by atoms with Crippen molar-refractivity contribution in [3.05, 3.63) is 77.4 Å². The van der Waals surface area contributed by atoms with E-state index in [4.69, 9.17) is 4.74 Å². The smallest absolute Gasteiger partial charge is 0.257 e. The van der Waals surface area contributed by atoms with Gasteiger partial charge in [0.1, 0.15) is 5.75 Å². The zero-order valence-electron chi connectivity index (χ0n) is 16.4. The highest BCUT2D eigenvalue weighted by Crippen LogP contribution is 2.31. The molecule has 8 heteroatoms. The summed E-state index contributed by atoms with van der Waals surface area (Å²) in [5.41, 5.74) is 3.05. The molecule has 0 saturated carbocycles. The van der Waals surface area contributed by atoms with Gasteiger partial charge in [-0.15, -0.1) is 11.3 Å². The van der Waals surface area contributed by atoms with Crippen LogP contribution >= 0.6 is 11.3 Å². The van der Waals surface area contributed by atoms with Crippen molar-refractivity contribution < 1.29 is 9.53 Å². The average Bonchev–Trinajstić information content (AvgIpc) is 3.14. The summed E-state index contributed by atoms with van der Waals surface area (Å²) in [7, 11) is 1.63. The zero-order chi connectivity index (χ0) is 20.9. The van der Waals surface area contributed by atoms with Crippen LogP contribution in [0.4, 0.5) is 16.8 Å². The number of nitrogens with one attached hydrogen (secondary N) is 2. The van der Waals surface area contributed by atoms with Crippen LogP contribution in [-0.2, 0) is 0 Å². The quantitative estimate of drug-likeness (QED) is 0.463. The Labute approximate surface area is 177 Å². The van der Waals surface area contributed by atoms with Crippen LogP contribution in [0.5, 0.6) is 5.75 Å². The molecule has 2 N–H and O–H groups in total. The highest BCUT2D eigenvalue weighted by molar-refractivity contribution is 7.16. The molecule has 0 radical (unpaired) electrons. The van der Waals surface area contributed by atoms with Crippen molar-refractivity contribution in [2.75, 3.05) is 17.7 Å². The predicted molar refractivity (Wildman–Crippen MR) is 119 cm³/mol. The van der Waals surface area contributed by atoms with Gasteiger partial charge in [0, 0.05) is 34.1 Å². The molecule has 0 atom stereocenters. The molecule has 0 unspecified atom stereocenters. The lowest BCUT2D eigenvalue weighted by molar-refractivity contribution is 0.102. The van der Waals surface area contributed by atoms with Crippen LogP contribution in [0, 0.1) is 6.92 Å². The van der Waals surface area contributed by atoms with E-state index in [9.17, 15) is 4.79 Å². The molecule has 30 heavy (non-hydrogen) atoms. The van der Waals surface area contributed by atoms with E-state index >= 15 is 0 Å². The summed E-state index contributed by atoms with van der Waals surface area (Å²) < 4.78 is 5.20. The summed E-state index contributed by atoms with van der Waals surface area (Å²) in [5, 5.41) is 6.52. The second kappa shape index (κ2) is 8.71. The fourth-order valence-corrected chi connectivity index (χ4v) is 3.70. The lowest BCUT2D eigenvalue weighted by Gasteiger charge is -2.06. The van der Waals surface area contributed by atoms with Crippen LogP contribution in [-0.4, -0.2) is 28.0 Å². The van der Waals surface area contributed by atoms with Crippen LogP contribution in [0.3, 0.4) is 0 Å².